The number of benzene rings is 1. The van der Waals surface area contributed by atoms with Gasteiger partial charge in [0.2, 0.25) is 0 Å². The minimum Gasteiger partial charge on any atom is -0.385 e. The molecule has 4 heteroatoms. The van der Waals surface area contributed by atoms with Crippen LogP contribution in [0.4, 0.5) is 17.1 Å². The van der Waals surface area contributed by atoms with Gasteiger partial charge in [0.15, 0.2) is 0 Å². The number of allylic oxidation sites excluding steroid dienone is 2. The van der Waals surface area contributed by atoms with Gasteiger partial charge in [0.05, 0.1) is 0 Å². The maximum atomic E-state index is 4.03. The summed E-state index contributed by atoms with van der Waals surface area (Å²) in [5.41, 5.74) is 8.91. The van der Waals surface area contributed by atoms with Crippen LogP contribution in [0.2, 0.25) is 0 Å². The zero-order valence-corrected chi connectivity index (χ0v) is 15.0. The maximum absolute atomic E-state index is 4.03. The number of hydrogen-bond donors (Lipinski definition) is 3. The van der Waals surface area contributed by atoms with E-state index in [2.05, 4.69) is 64.1 Å². The first-order valence-corrected chi connectivity index (χ1v) is 9.17. The van der Waals surface area contributed by atoms with Gasteiger partial charge in [-0.05, 0) is 79.3 Å². The molecule has 26 heavy (non-hydrogen) atoms. The number of rotatable bonds is 6. The number of nitrogens with one attached hydrogen (secondary N) is 3. The zero-order valence-electron chi connectivity index (χ0n) is 15.0. The Morgan fingerprint density at radius 2 is 1.73 bits per heavy atom. The van der Waals surface area contributed by atoms with Crippen molar-refractivity contribution in [2.45, 2.75) is 26.2 Å². The predicted molar refractivity (Wildman–Crippen MR) is 109 cm³/mol. The second-order valence-electron chi connectivity index (χ2n) is 6.71. The minimum absolute atomic E-state index is 0.935. The largest absolute Gasteiger partial charge is 0.385 e. The molecule has 2 aromatic heterocycles. The van der Waals surface area contributed by atoms with Crippen LogP contribution in [-0.2, 0) is 12.8 Å². The summed E-state index contributed by atoms with van der Waals surface area (Å²) in [4.78, 5) is 7.48. The fraction of sp³-hybridized carbons (Fsp3) is 0.227. The van der Waals surface area contributed by atoms with Crippen LogP contribution in [0.25, 0.3) is 5.57 Å². The standard InChI is InChI=1S/C22H24N4/c1-16-3-2-4-21-17(15-25-22(16)21)9-14-24-18-5-7-19(8-6-18)26-20-10-12-23-13-11-20/h3,5-8,10-13,15,24-25H,2,4,9,14H2,1H3,(H,23,26). The summed E-state index contributed by atoms with van der Waals surface area (Å²) in [6.07, 6.45) is 11.4. The quantitative estimate of drug-likeness (QED) is 0.579. The summed E-state index contributed by atoms with van der Waals surface area (Å²) in [6, 6.07) is 12.3. The molecule has 0 spiro atoms. The van der Waals surface area contributed by atoms with E-state index in [4.69, 9.17) is 0 Å². The monoisotopic (exact) mass is 344 g/mol. The van der Waals surface area contributed by atoms with Crippen molar-refractivity contribution in [2.24, 2.45) is 0 Å². The molecule has 1 aliphatic carbocycles. The first kappa shape index (κ1) is 16.5. The molecule has 0 saturated carbocycles. The van der Waals surface area contributed by atoms with Crippen LogP contribution in [0.1, 0.15) is 30.2 Å². The topological polar surface area (TPSA) is 52.7 Å². The summed E-state index contributed by atoms with van der Waals surface area (Å²) in [5.74, 6) is 0. The van der Waals surface area contributed by atoms with Crippen LogP contribution in [0.15, 0.2) is 61.1 Å². The summed E-state index contributed by atoms with van der Waals surface area (Å²) >= 11 is 0. The van der Waals surface area contributed by atoms with Crippen molar-refractivity contribution in [3.8, 4) is 0 Å². The molecule has 0 fully saturated rings. The molecule has 0 atom stereocenters. The maximum Gasteiger partial charge on any atom is 0.0442 e. The smallest absolute Gasteiger partial charge is 0.0442 e. The molecule has 0 saturated heterocycles. The lowest BCUT2D eigenvalue weighted by Crippen LogP contribution is -2.06. The second-order valence-corrected chi connectivity index (χ2v) is 6.71. The van der Waals surface area contributed by atoms with Gasteiger partial charge >= 0.3 is 0 Å². The molecule has 4 nitrogen and oxygen atoms in total. The number of H-pyrrole nitrogens is 1. The third kappa shape index (κ3) is 3.64. The molecule has 0 amide bonds. The fourth-order valence-corrected chi connectivity index (χ4v) is 3.50. The predicted octanol–water partition coefficient (Wildman–Crippen LogP) is 5.16. The summed E-state index contributed by atoms with van der Waals surface area (Å²) in [7, 11) is 0. The minimum atomic E-state index is 0.935. The molecule has 3 N–H and O–H groups in total. The molecule has 3 aromatic rings. The third-order valence-corrected chi connectivity index (χ3v) is 4.90. The lowest BCUT2D eigenvalue weighted by Gasteiger charge is -2.13. The Balaban J connectivity index is 1.32. The van der Waals surface area contributed by atoms with E-state index in [9.17, 15) is 0 Å². The van der Waals surface area contributed by atoms with Gasteiger partial charge in [-0.15, -0.1) is 0 Å². The Morgan fingerprint density at radius 3 is 2.54 bits per heavy atom. The molecule has 132 valence electrons. The van der Waals surface area contributed by atoms with Crippen molar-refractivity contribution in [3.05, 3.63) is 77.9 Å². The lowest BCUT2D eigenvalue weighted by atomic mass is 9.94. The highest BCUT2D eigenvalue weighted by atomic mass is 14.9. The molecule has 4 rings (SSSR count). The summed E-state index contributed by atoms with van der Waals surface area (Å²) in [5, 5.41) is 6.90. The van der Waals surface area contributed by atoms with Crippen LogP contribution >= 0.6 is 0 Å². The highest BCUT2D eigenvalue weighted by Crippen LogP contribution is 2.28. The Labute approximate surface area is 154 Å². The Kier molecular flexibility index (Phi) is 4.73. The van der Waals surface area contributed by atoms with Crippen molar-refractivity contribution < 1.29 is 0 Å². The van der Waals surface area contributed by atoms with E-state index in [0.717, 1.165) is 42.9 Å². The highest BCUT2D eigenvalue weighted by molar-refractivity contribution is 5.67. The van der Waals surface area contributed by atoms with Crippen molar-refractivity contribution in [2.75, 3.05) is 17.2 Å². The Morgan fingerprint density at radius 1 is 1.00 bits per heavy atom. The first-order chi connectivity index (χ1) is 12.8. The van der Waals surface area contributed by atoms with Crippen LogP contribution in [-0.4, -0.2) is 16.5 Å². The van der Waals surface area contributed by atoms with Crippen LogP contribution in [0.5, 0.6) is 0 Å². The fourth-order valence-electron chi connectivity index (χ4n) is 3.50. The molecule has 0 bridgehead atoms. The molecule has 1 aliphatic rings. The SMILES string of the molecule is CC1=CCCc2c(CCNc3ccc(Nc4ccncc4)cc3)c[nH]c21. The second kappa shape index (κ2) is 7.48. The first-order valence-electron chi connectivity index (χ1n) is 9.17. The van der Waals surface area contributed by atoms with Gasteiger partial charge in [0.25, 0.3) is 0 Å². The van der Waals surface area contributed by atoms with E-state index in [1.54, 1.807) is 12.4 Å². The Bertz CT molecular complexity index is 892. The van der Waals surface area contributed by atoms with Crippen LogP contribution in [0, 0.1) is 0 Å². The molecule has 0 radical (unpaired) electrons. The molecular weight excluding hydrogens is 320 g/mol. The van der Waals surface area contributed by atoms with E-state index in [0.29, 0.717) is 0 Å². The molecule has 2 heterocycles. The van der Waals surface area contributed by atoms with E-state index in [1.807, 2.05) is 12.1 Å². The van der Waals surface area contributed by atoms with Crippen LogP contribution < -0.4 is 10.6 Å². The van der Waals surface area contributed by atoms with Crippen molar-refractivity contribution in [3.63, 3.8) is 0 Å². The van der Waals surface area contributed by atoms with Gasteiger partial charge in [-0.3, -0.25) is 4.98 Å². The number of anilines is 3. The van der Waals surface area contributed by atoms with Crippen molar-refractivity contribution >= 4 is 22.6 Å². The van der Waals surface area contributed by atoms with Crippen molar-refractivity contribution in [1.29, 1.82) is 0 Å². The lowest BCUT2D eigenvalue weighted by molar-refractivity contribution is 0.930. The van der Waals surface area contributed by atoms with Gasteiger partial charge in [-0.25, -0.2) is 0 Å². The zero-order chi connectivity index (χ0) is 17.8. The number of pyridine rings is 1. The average Bonchev–Trinajstić information content (AvgIpc) is 3.09. The molecule has 0 aliphatic heterocycles. The number of aromatic amines is 1. The third-order valence-electron chi connectivity index (χ3n) is 4.90. The molecule has 0 unspecified atom stereocenters. The van der Waals surface area contributed by atoms with E-state index in [1.165, 1.54) is 22.4 Å². The van der Waals surface area contributed by atoms with Gasteiger partial charge in [0.1, 0.15) is 0 Å². The summed E-state index contributed by atoms with van der Waals surface area (Å²) < 4.78 is 0. The summed E-state index contributed by atoms with van der Waals surface area (Å²) in [6.45, 7) is 3.13. The number of hydrogen-bond acceptors (Lipinski definition) is 3. The van der Waals surface area contributed by atoms with Gasteiger partial charge in [-0.1, -0.05) is 6.08 Å². The molecule has 1 aromatic carbocycles. The Hall–Kier alpha value is -3.01. The normalized spacial score (nSPS) is 13.0. The number of nitrogens with zero attached hydrogens (tertiary/aromatic N) is 1. The van der Waals surface area contributed by atoms with Gasteiger partial charge in [-0.2, -0.15) is 0 Å². The van der Waals surface area contributed by atoms with E-state index >= 15 is 0 Å². The van der Waals surface area contributed by atoms with Crippen LogP contribution in [0.3, 0.4) is 0 Å². The van der Waals surface area contributed by atoms with Gasteiger partial charge in [0, 0.05) is 47.9 Å². The van der Waals surface area contributed by atoms with Gasteiger partial charge < -0.3 is 15.6 Å². The van der Waals surface area contributed by atoms with Crippen molar-refractivity contribution in [1.82, 2.24) is 9.97 Å². The number of aromatic nitrogens is 2. The van der Waals surface area contributed by atoms with E-state index in [-0.39, 0.29) is 0 Å². The van der Waals surface area contributed by atoms with E-state index < -0.39 is 0 Å². The highest BCUT2D eigenvalue weighted by Gasteiger charge is 2.14. The average molecular weight is 344 g/mol. The molecular formula is C22H24N4. The number of fused-ring (bicyclic) bond motifs is 1.